The normalized spacial score (nSPS) is 21.1. The number of methoxy groups -OCH3 is 1. The molecule has 0 aromatic heterocycles. The van der Waals surface area contributed by atoms with Gasteiger partial charge in [-0.15, -0.1) is 0 Å². The molecule has 0 saturated carbocycles. The molecule has 2 N–H and O–H groups in total. The lowest BCUT2D eigenvalue weighted by Crippen LogP contribution is -2.31. The molecular weight excluding hydrogens is 266 g/mol. The third-order valence-electron chi connectivity index (χ3n) is 3.91. The van der Waals surface area contributed by atoms with Gasteiger partial charge >= 0.3 is 0 Å². The van der Waals surface area contributed by atoms with E-state index in [2.05, 4.69) is 5.32 Å². The Bertz CT molecular complexity index is 651. The molecule has 21 heavy (non-hydrogen) atoms. The van der Waals surface area contributed by atoms with Crippen molar-refractivity contribution in [2.24, 2.45) is 0 Å². The van der Waals surface area contributed by atoms with Gasteiger partial charge in [0.25, 0.3) is 5.91 Å². The van der Waals surface area contributed by atoms with E-state index in [1.807, 2.05) is 48.5 Å². The average molecular weight is 283 g/mol. The van der Waals surface area contributed by atoms with E-state index in [0.717, 1.165) is 22.6 Å². The smallest absolute Gasteiger partial charge is 0.253 e. The van der Waals surface area contributed by atoms with Gasteiger partial charge in [0, 0.05) is 11.6 Å². The third-order valence-corrected chi connectivity index (χ3v) is 3.91. The lowest BCUT2D eigenvalue weighted by molar-refractivity contribution is -0.124. The second-order valence-corrected chi connectivity index (χ2v) is 5.18. The summed E-state index contributed by atoms with van der Waals surface area (Å²) in [5.74, 6) is 0.132. The highest BCUT2D eigenvalue weighted by Gasteiger charge is 2.31. The predicted molar refractivity (Wildman–Crippen MR) is 80.5 cm³/mol. The zero-order chi connectivity index (χ0) is 14.8. The minimum atomic E-state index is -1.06. The van der Waals surface area contributed by atoms with Gasteiger partial charge in [0.15, 0.2) is 0 Å². The first kappa shape index (κ1) is 13.6. The number of rotatable bonds is 2. The van der Waals surface area contributed by atoms with Crippen LogP contribution in [0.25, 0.3) is 0 Å². The van der Waals surface area contributed by atoms with Crippen LogP contribution in [0.5, 0.6) is 5.75 Å². The van der Waals surface area contributed by atoms with Crippen molar-refractivity contribution in [1.82, 2.24) is 0 Å². The van der Waals surface area contributed by atoms with Gasteiger partial charge in [-0.3, -0.25) is 4.79 Å². The Morgan fingerprint density at radius 1 is 1.14 bits per heavy atom. The number of ether oxygens (including phenoxy) is 1. The predicted octanol–water partition coefficient (Wildman–Crippen LogP) is 2.33. The van der Waals surface area contributed by atoms with Crippen molar-refractivity contribution >= 4 is 11.6 Å². The van der Waals surface area contributed by atoms with E-state index in [9.17, 15) is 9.90 Å². The average Bonchev–Trinajstić information content (AvgIpc) is 2.65. The van der Waals surface area contributed by atoms with E-state index < -0.39 is 6.10 Å². The van der Waals surface area contributed by atoms with Gasteiger partial charge in [-0.05, 0) is 35.7 Å². The Morgan fingerprint density at radius 3 is 2.57 bits per heavy atom. The van der Waals surface area contributed by atoms with Crippen molar-refractivity contribution in [3.63, 3.8) is 0 Å². The molecule has 0 unspecified atom stereocenters. The molecule has 1 amide bonds. The van der Waals surface area contributed by atoms with Crippen LogP contribution < -0.4 is 10.1 Å². The van der Waals surface area contributed by atoms with Crippen LogP contribution in [0, 0.1) is 0 Å². The van der Waals surface area contributed by atoms with Gasteiger partial charge in [0.2, 0.25) is 0 Å². The Morgan fingerprint density at radius 2 is 1.86 bits per heavy atom. The molecular formula is C17H17NO3. The molecule has 2 aromatic rings. The summed E-state index contributed by atoms with van der Waals surface area (Å²) in [7, 11) is 1.61. The zero-order valence-electron chi connectivity index (χ0n) is 11.7. The molecule has 0 bridgehead atoms. The van der Waals surface area contributed by atoms with E-state index in [4.69, 9.17) is 4.74 Å². The number of anilines is 1. The number of hydrogen-bond acceptors (Lipinski definition) is 3. The Hall–Kier alpha value is -2.33. The quantitative estimate of drug-likeness (QED) is 0.889. The maximum absolute atomic E-state index is 12.1. The molecule has 4 nitrogen and oxygen atoms in total. The standard InChI is InChI=1S/C17H17NO3/c1-21-13-8-6-11(7-9-13)14-10-12-4-2-3-5-15(12)18-17(20)16(14)19/h2-9,14,16,19H,10H2,1H3,(H,18,20)/t14-,16-/m1/s1. The zero-order valence-corrected chi connectivity index (χ0v) is 11.7. The number of aliphatic hydroxyl groups is 1. The topological polar surface area (TPSA) is 58.6 Å². The summed E-state index contributed by atoms with van der Waals surface area (Å²) in [6.07, 6.45) is -0.451. The molecule has 2 atom stereocenters. The van der Waals surface area contributed by atoms with Crippen molar-refractivity contribution in [2.45, 2.75) is 18.4 Å². The van der Waals surface area contributed by atoms with Crippen molar-refractivity contribution in [1.29, 1.82) is 0 Å². The van der Waals surface area contributed by atoms with E-state index >= 15 is 0 Å². The number of amides is 1. The molecule has 108 valence electrons. The molecule has 1 aliphatic rings. The van der Waals surface area contributed by atoms with Gasteiger partial charge < -0.3 is 15.2 Å². The summed E-state index contributed by atoms with van der Waals surface area (Å²) in [4.78, 5) is 12.1. The van der Waals surface area contributed by atoms with E-state index in [-0.39, 0.29) is 11.8 Å². The third kappa shape index (κ3) is 2.62. The maximum atomic E-state index is 12.1. The molecule has 3 rings (SSSR count). The van der Waals surface area contributed by atoms with Gasteiger partial charge in [0.05, 0.1) is 7.11 Å². The highest BCUT2D eigenvalue weighted by atomic mass is 16.5. The largest absolute Gasteiger partial charge is 0.497 e. The van der Waals surface area contributed by atoms with Gasteiger partial charge in [-0.1, -0.05) is 30.3 Å². The number of carbonyl (C=O) groups excluding carboxylic acids is 1. The van der Waals surface area contributed by atoms with E-state index in [1.54, 1.807) is 7.11 Å². The number of fused-ring (bicyclic) bond motifs is 1. The minimum Gasteiger partial charge on any atom is -0.497 e. The first-order chi connectivity index (χ1) is 10.2. The fourth-order valence-corrected chi connectivity index (χ4v) is 2.71. The monoisotopic (exact) mass is 283 g/mol. The summed E-state index contributed by atoms with van der Waals surface area (Å²) < 4.78 is 5.14. The number of aliphatic hydroxyl groups excluding tert-OH is 1. The van der Waals surface area contributed by atoms with Crippen LogP contribution in [-0.4, -0.2) is 24.2 Å². The van der Waals surface area contributed by atoms with Gasteiger partial charge in [-0.25, -0.2) is 0 Å². The second-order valence-electron chi connectivity index (χ2n) is 5.18. The first-order valence-corrected chi connectivity index (χ1v) is 6.90. The summed E-state index contributed by atoms with van der Waals surface area (Å²) in [5, 5.41) is 13.1. The molecule has 0 saturated heterocycles. The molecule has 0 fully saturated rings. The lowest BCUT2D eigenvalue weighted by atomic mass is 9.88. The molecule has 2 aromatic carbocycles. The molecule has 0 spiro atoms. The van der Waals surface area contributed by atoms with Crippen LogP contribution >= 0.6 is 0 Å². The molecule has 4 heteroatoms. The number of benzene rings is 2. The van der Waals surface area contributed by atoms with Crippen molar-refractivity contribution in [3.8, 4) is 5.75 Å². The Kier molecular flexibility index (Phi) is 3.62. The number of carbonyl (C=O) groups is 1. The second kappa shape index (κ2) is 5.58. The number of hydrogen-bond donors (Lipinski definition) is 2. The molecule has 1 heterocycles. The van der Waals surface area contributed by atoms with Crippen molar-refractivity contribution in [2.75, 3.05) is 12.4 Å². The van der Waals surface area contributed by atoms with Crippen LogP contribution in [0.15, 0.2) is 48.5 Å². The van der Waals surface area contributed by atoms with Gasteiger partial charge in [0.1, 0.15) is 11.9 Å². The fraction of sp³-hybridized carbons (Fsp3) is 0.235. The molecule has 0 radical (unpaired) electrons. The molecule has 1 aliphatic heterocycles. The Labute approximate surface area is 123 Å². The van der Waals surface area contributed by atoms with Crippen LogP contribution in [0.2, 0.25) is 0 Å². The highest BCUT2D eigenvalue weighted by molar-refractivity contribution is 5.96. The van der Waals surface area contributed by atoms with Crippen LogP contribution in [-0.2, 0) is 11.2 Å². The SMILES string of the molecule is COc1ccc([C@H]2Cc3ccccc3NC(=O)[C@@H]2O)cc1. The number of nitrogens with one attached hydrogen (secondary N) is 1. The summed E-state index contributed by atoms with van der Waals surface area (Å²) in [6, 6.07) is 15.1. The van der Waals surface area contributed by atoms with Crippen LogP contribution in [0.3, 0.4) is 0 Å². The van der Waals surface area contributed by atoms with Crippen molar-refractivity contribution in [3.05, 3.63) is 59.7 Å². The molecule has 0 aliphatic carbocycles. The van der Waals surface area contributed by atoms with Gasteiger partial charge in [-0.2, -0.15) is 0 Å². The Balaban J connectivity index is 1.98. The summed E-state index contributed by atoms with van der Waals surface area (Å²) >= 11 is 0. The highest BCUT2D eigenvalue weighted by Crippen LogP contribution is 2.32. The lowest BCUT2D eigenvalue weighted by Gasteiger charge is -2.19. The summed E-state index contributed by atoms with van der Waals surface area (Å²) in [6.45, 7) is 0. The van der Waals surface area contributed by atoms with Crippen LogP contribution in [0.4, 0.5) is 5.69 Å². The van der Waals surface area contributed by atoms with Crippen LogP contribution in [0.1, 0.15) is 17.0 Å². The minimum absolute atomic E-state index is 0.264. The van der Waals surface area contributed by atoms with E-state index in [0.29, 0.717) is 6.42 Å². The van der Waals surface area contributed by atoms with Crippen molar-refractivity contribution < 1.29 is 14.6 Å². The fourth-order valence-electron chi connectivity index (χ4n) is 2.71. The number of para-hydroxylation sites is 1. The maximum Gasteiger partial charge on any atom is 0.253 e. The summed E-state index contributed by atoms with van der Waals surface area (Å²) in [5.41, 5.74) is 2.73. The van der Waals surface area contributed by atoms with E-state index in [1.165, 1.54) is 0 Å². The first-order valence-electron chi connectivity index (χ1n) is 6.90.